The van der Waals surface area contributed by atoms with E-state index in [-0.39, 0.29) is 11.5 Å². The van der Waals surface area contributed by atoms with E-state index in [0.717, 1.165) is 19.5 Å². The van der Waals surface area contributed by atoms with Crippen LogP contribution in [0.2, 0.25) is 0 Å². The van der Waals surface area contributed by atoms with Crippen molar-refractivity contribution in [3.63, 3.8) is 0 Å². The summed E-state index contributed by atoms with van der Waals surface area (Å²) in [7, 11) is 0. The van der Waals surface area contributed by atoms with Crippen LogP contribution in [0.1, 0.15) is 51.1 Å². The predicted molar refractivity (Wildman–Crippen MR) is 81.4 cm³/mol. The summed E-state index contributed by atoms with van der Waals surface area (Å²) in [6, 6.07) is 2.24. The van der Waals surface area contributed by atoms with Crippen LogP contribution in [0.5, 0.6) is 0 Å². The molecular formula is C16H30N2O. The number of rotatable bonds is 6. The zero-order valence-corrected chi connectivity index (χ0v) is 13.4. The van der Waals surface area contributed by atoms with Crippen molar-refractivity contribution < 1.29 is 5.11 Å². The summed E-state index contributed by atoms with van der Waals surface area (Å²) in [5, 5.41) is 13.3. The molecule has 2 N–H and O–H groups in total. The van der Waals surface area contributed by atoms with E-state index in [4.69, 9.17) is 0 Å². The maximum Gasteiger partial charge on any atom is 0.0669 e. The Bertz CT molecular complexity index is 402. The van der Waals surface area contributed by atoms with E-state index in [1.807, 2.05) is 0 Å². The van der Waals surface area contributed by atoms with E-state index in [1.165, 1.54) is 17.0 Å². The second kappa shape index (κ2) is 6.58. The summed E-state index contributed by atoms with van der Waals surface area (Å²) >= 11 is 0. The fourth-order valence-corrected chi connectivity index (χ4v) is 2.69. The second-order valence-electron chi connectivity index (χ2n) is 6.69. The summed E-state index contributed by atoms with van der Waals surface area (Å²) in [5.41, 5.74) is 4.16. The van der Waals surface area contributed by atoms with E-state index < -0.39 is 0 Å². The fraction of sp³-hybridized carbons (Fsp3) is 0.750. The van der Waals surface area contributed by atoms with Gasteiger partial charge in [0, 0.05) is 31.0 Å². The molecule has 1 unspecified atom stereocenters. The first-order valence-corrected chi connectivity index (χ1v) is 7.29. The van der Waals surface area contributed by atoms with Gasteiger partial charge in [0.05, 0.1) is 6.10 Å². The monoisotopic (exact) mass is 266 g/mol. The van der Waals surface area contributed by atoms with Crippen LogP contribution in [0.3, 0.4) is 0 Å². The van der Waals surface area contributed by atoms with Crippen LogP contribution in [0.15, 0.2) is 6.07 Å². The van der Waals surface area contributed by atoms with Crippen LogP contribution in [0.25, 0.3) is 0 Å². The molecule has 3 nitrogen and oxygen atoms in total. The van der Waals surface area contributed by atoms with Gasteiger partial charge in [0.1, 0.15) is 0 Å². The molecule has 0 spiro atoms. The third-order valence-corrected chi connectivity index (χ3v) is 3.54. The Morgan fingerprint density at radius 2 is 1.95 bits per heavy atom. The van der Waals surface area contributed by atoms with Crippen molar-refractivity contribution in [1.29, 1.82) is 0 Å². The molecule has 0 aromatic carbocycles. The number of nitrogens with one attached hydrogen (secondary N) is 1. The van der Waals surface area contributed by atoms with Crippen LogP contribution in [-0.4, -0.2) is 22.3 Å². The van der Waals surface area contributed by atoms with Crippen molar-refractivity contribution in [2.45, 2.75) is 67.2 Å². The minimum Gasteiger partial charge on any atom is -0.392 e. The lowest BCUT2D eigenvalue weighted by Gasteiger charge is -2.22. The molecule has 0 amide bonds. The van der Waals surface area contributed by atoms with Crippen molar-refractivity contribution in [2.24, 2.45) is 5.41 Å². The Morgan fingerprint density at radius 1 is 1.32 bits per heavy atom. The van der Waals surface area contributed by atoms with Crippen molar-refractivity contribution in [3.8, 4) is 0 Å². The van der Waals surface area contributed by atoms with Gasteiger partial charge in [-0.25, -0.2) is 0 Å². The van der Waals surface area contributed by atoms with Gasteiger partial charge in [0.15, 0.2) is 0 Å². The zero-order valence-electron chi connectivity index (χ0n) is 13.4. The first-order chi connectivity index (χ1) is 8.74. The summed E-state index contributed by atoms with van der Waals surface area (Å²) in [6.07, 6.45) is 0.559. The highest BCUT2D eigenvalue weighted by molar-refractivity contribution is 5.26. The van der Waals surface area contributed by atoms with E-state index in [9.17, 15) is 5.11 Å². The van der Waals surface area contributed by atoms with Gasteiger partial charge in [-0.3, -0.25) is 0 Å². The molecule has 0 aliphatic carbocycles. The molecule has 0 saturated carbocycles. The average Bonchev–Trinajstić information content (AvgIpc) is 2.51. The molecule has 1 rings (SSSR count). The summed E-state index contributed by atoms with van der Waals surface area (Å²) in [6.45, 7) is 15.5. The molecule has 1 atom stereocenters. The number of aliphatic hydroxyl groups excluding tert-OH is 1. The molecule has 19 heavy (non-hydrogen) atoms. The van der Waals surface area contributed by atoms with Gasteiger partial charge in [-0.2, -0.15) is 0 Å². The van der Waals surface area contributed by atoms with Crippen LogP contribution in [0.4, 0.5) is 0 Å². The Labute approximate surface area is 118 Å². The van der Waals surface area contributed by atoms with Gasteiger partial charge >= 0.3 is 0 Å². The number of nitrogens with zero attached hydrogens (tertiary/aromatic N) is 1. The second-order valence-corrected chi connectivity index (χ2v) is 6.69. The third kappa shape index (κ3) is 5.00. The summed E-state index contributed by atoms with van der Waals surface area (Å²) in [4.78, 5) is 0. The maximum absolute atomic E-state index is 9.97. The SMILES string of the molecule is CCn1c(C)cc(CNCC(O)CC(C)(C)C)c1C. The molecule has 1 aromatic rings. The predicted octanol–water partition coefficient (Wildman–Crippen LogP) is 3.01. The van der Waals surface area contributed by atoms with Crippen molar-refractivity contribution in [2.75, 3.05) is 6.54 Å². The van der Waals surface area contributed by atoms with Crippen molar-refractivity contribution in [3.05, 3.63) is 23.0 Å². The summed E-state index contributed by atoms with van der Waals surface area (Å²) < 4.78 is 2.32. The highest BCUT2D eigenvalue weighted by Gasteiger charge is 2.16. The average molecular weight is 266 g/mol. The number of aliphatic hydroxyl groups is 1. The maximum atomic E-state index is 9.97. The molecule has 0 radical (unpaired) electrons. The van der Waals surface area contributed by atoms with Gasteiger partial charge in [-0.1, -0.05) is 20.8 Å². The number of hydrogen-bond acceptors (Lipinski definition) is 2. The summed E-state index contributed by atoms with van der Waals surface area (Å²) in [5.74, 6) is 0. The molecule has 110 valence electrons. The molecule has 0 aliphatic rings. The lowest BCUT2D eigenvalue weighted by atomic mass is 9.89. The number of aromatic nitrogens is 1. The smallest absolute Gasteiger partial charge is 0.0669 e. The van der Waals surface area contributed by atoms with Gasteiger partial charge in [-0.15, -0.1) is 0 Å². The number of aryl methyl sites for hydroxylation is 1. The van der Waals surface area contributed by atoms with Crippen LogP contribution in [-0.2, 0) is 13.1 Å². The molecular weight excluding hydrogens is 236 g/mol. The van der Waals surface area contributed by atoms with Gasteiger partial charge in [-0.05, 0) is 44.2 Å². The van der Waals surface area contributed by atoms with E-state index >= 15 is 0 Å². The van der Waals surface area contributed by atoms with E-state index in [2.05, 4.69) is 57.5 Å². The number of hydrogen-bond donors (Lipinski definition) is 2. The molecule has 1 aromatic heterocycles. The lowest BCUT2D eigenvalue weighted by molar-refractivity contribution is 0.119. The quantitative estimate of drug-likeness (QED) is 0.830. The normalized spacial score (nSPS) is 13.8. The Balaban J connectivity index is 2.46. The minimum absolute atomic E-state index is 0.180. The van der Waals surface area contributed by atoms with Crippen LogP contribution < -0.4 is 5.32 Å². The lowest BCUT2D eigenvalue weighted by Crippen LogP contribution is -2.29. The van der Waals surface area contributed by atoms with Crippen LogP contribution in [0, 0.1) is 19.3 Å². The fourth-order valence-electron chi connectivity index (χ4n) is 2.69. The highest BCUT2D eigenvalue weighted by Crippen LogP contribution is 2.20. The Morgan fingerprint density at radius 3 is 2.42 bits per heavy atom. The molecule has 0 fully saturated rings. The van der Waals surface area contributed by atoms with E-state index in [0.29, 0.717) is 6.54 Å². The van der Waals surface area contributed by atoms with Crippen molar-refractivity contribution in [1.82, 2.24) is 9.88 Å². The zero-order chi connectivity index (χ0) is 14.6. The standard InChI is InChI=1S/C16H30N2O/c1-7-18-12(2)8-14(13(18)3)10-17-11-15(19)9-16(4,5)6/h8,15,17,19H,7,9-11H2,1-6H3. The first-order valence-electron chi connectivity index (χ1n) is 7.29. The Kier molecular flexibility index (Phi) is 5.63. The molecule has 0 saturated heterocycles. The first kappa shape index (κ1) is 16.3. The molecule has 0 aliphatic heterocycles. The van der Waals surface area contributed by atoms with Crippen LogP contribution >= 0.6 is 0 Å². The highest BCUT2D eigenvalue weighted by atomic mass is 16.3. The van der Waals surface area contributed by atoms with Gasteiger partial charge < -0.3 is 15.0 Å². The third-order valence-electron chi connectivity index (χ3n) is 3.54. The van der Waals surface area contributed by atoms with E-state index in [1.54, 1.807) is 0 Å². The topological polar surface area (TPSA) is 37.2 Å². The minimum atomic E-state index is -0.269. The van der Waals surface area contributed by atoms with Gasteiger partial charge in [0.2, 0.25) is 0 Å². The largest absolute Gasteiger partial charge is 0.392 e. The van der Waals surface area contributed by atoms with Gasteiger partial charge in [0.25, 0.3) is 0 Å². The Hall–Kier alpha value is -0.800. The molecule has 1 heterocycles. The molecule has 3 heteroatoms. The molecule has 0 bridgehead atoms. The van der Waals surface area contributed by atoms with Crippen molar-refractivity contribution >= 4 is 0 Å².